The summed E-state index contributed by atoms with van der Waals surface area (Å²) in [6, 6.07) is 12.3. The van der Waals surface area contributed by atoms with Crippen molar-refractivity contribution < 1.29 is 17.6 Å². The smallest absolute Gasteiger partial charge is 0.207 e. The van der Waals surface area contributed by atoms with Gasteiger partial charge in [0.25, 0.3) is 0 Å². The molecule has 3 aromatic rings. The molecule has 0 saturated heterocycles. The molecule has 3 rings (SSSR count). The summed E-state index contributed by atoms with van der Waals surface area (Å²) in [6.07, 6.45) is -4.39. The summed E-state index contributed by atoms with van der Waals surface area (Å²) in [5.74, 6) is -0.423. The minimum absolute atomic E-state index is 0.417. The molecule has 0 spiro atoms. The maximum absolute atomic E-state index is 13.5. The van der Waals surface area contributed by atoms with Crippen LogP contribution in [0.15, 0.2) is 54.6 Å². The first-order chi connectivity index (χ1) is 11.3. The molecule has 0 unspecified atom stereocenters. The zero-order chi connectivity index (χ0) is 17.3. The maximum atomic E-state index is 13.5. The van der Waals surface area contributed by atoms with Crippen LogP contribution in [0, 0.1) is 12.7 Å². The second kappa shape index (κ2) is 6.03. The van der Waals surface area contributed by atoms with Gasteiger partial charge in [-0.25, -0.2) is 4.39 Å². The molecule has 0 amide bonds. The lowest BCUT2D eigenvalue weighted by atomic mass is 9.98. The van der Waals surface area contributed by atoms with Gasteiger partial charge in [-0.15, -0.1) is 5.10 Å². The summed E-state index contributed by atoms with van der Waals surface area (Å²) >= 11 is 0. The van der Waals surface area contributed by atoms with Crippen LogP contribution in [-0.2, 0) is 6.18 Å². The van der Waals surface area contributed by atoms with Crippen LogP contribution in [0.1, 0.15) is 11.3 Å². The Morgan fingerprint density at radius 3 is 2.17 bits per heavy atom. The third-order valence-corrected chi connectivity index (χ3v) is 3.54. The molecule has 0 N–H and O–H groups in total. The number of hydrogen-bond acceptors (Lipinski definition) is 2. The number of hydrogen-bond donors (Lipinski definition) is 0. The highest BCUT2D eigenvalue weighted by atomic mass is 19.4. The topological polar surface area (TPSA) is 25.8 Å². The van der Waals surface area contributed by atoms with Crippen LogP contribution >= 0.6 is 0 Å². The Morgan fingerprint density at radius 2 is 1.54 bits per heavy atom. The van der Waals surface area contributed by atoms with E-state index in [0.29, 0.717) is 28.1 Å². The molecule has 24 heavy (non-hydrogen) atoms. The fourth-order valence-electron chi connectivity index (χ4n) is 2.40. The van der Waals surface area contributed by atoms with Crippen molar-refractivity contribution in [2.75, 3.05) is 0 Å². The Hall–Kier alpha value is -2.76. The highest BCUT2D eigenvalue weighted by Gasteiger charge is 2.30. The first kappa shape index (κ1) is 16.1. The molecule has 0 aliphatic carbocycles. The summed E-state index contributed by atoms with van der Waals surface area (Å²) in [5, 5.41) is 8.07. The first-order valence-corrected chi connectivity index (χ1v) is 7.12. The second-order valence-corrected chi connectivity index (χ2v) is 5.33. The normalized spacial score (nSPS) is 11.5. The molecular formula is C18H12F4N2. The van der Waals surface area contributed by atoms with Crippen molar-refractivity contribution in [2.45, 2.75) is 13.1 Å². The van der Waals surface area contributed by atoms with Crippen LogP contribution in [0.2, 0.25) is 0 Å². The number of nitrogens with zero attached hydrogens (tertiary/aromatic N) is 2. The SMILES string of the molecule is Cc1cc(-c2ccc(C(F)(F)F)cc2)c(-c2cccc(F)c2)nn1. The molecule has 0 saturated carbocycles. The van der Waals surface area contributed by atoms with Crippen molar-refractivity contribution in [3.8, 4) is 22.4 Å². The first-order valence-electron chi connectivity index (χ1n) is 7.12. The lowest BCUT2D eigenvalue weighted by Gasteiger charge is -2.11. The highest BCUT2D eigenvalue weighted by molar-refractivity contribution is 5.80. The predicted molar refractivity (Wildman–Crippen MR) is 82.6 cm³/mol. The summed E-state index contributed by atoms with van der Waals surface area (Å²) < 4.78 is 51.6. The van der Waals surface area contributed by atoms with E-state index >= 15 is 0 Å². The van der Waals surface area contributed by atoms with Crippen LogP contribution in [0.5, 0.6) is 0 Å². The summed E-state index contributed by atoms with van der Waals surface area (Å²) in [7, 11) is 0. The van der Waals surface area contributed by atoms with Crippen LogP contribution in [-0.4, -0.2) is 10.2 Å². The minimum Gasteiger partial charge on any atom is -0.207 e. The largest absolute Gasteiger partial charge is 0.416 e. The van der Waals surface area contributed by atoms with Gasteiger partial charge >= 0.3 is 6.18 Å². The van der Waals surface area contributed by atoms with Gasteiger partial charge < -0.3 is 0 Å². The van der Waals surface area contributed by atoms with E-state index in [-0.39, 0.29) is 0 Å². The number of rotatable bonds is 2. The minimum atomic E-state index is -4.39. The third kappa shape index (κ3) is 3.27. The van der Waals surface area contributed by atoms with E-state index in [1.54, 1.807) is 25.1 Å². The Kier molecular flexibility index (Phi) is 4.05. The van der Waals surface area contributed by atoms with E-state index in [4.69, 9.17) is 0 Å². The third-order valence-electron chi connectivity index (χ3n) is 3.54. The molecule has 1 aromatic heterocycles. The lowest BCUT2D eigenvalue weighted by molar-refractivity contribution is -0.137. The zero-order valence-corrected chi connectivity index (χ0v) is 12.6. The van der Waals surface area contributed by atoms with Crippen molar-refractivity contribution in [3.63, 3.8) is 0 Å². The van der Waals surface area contributed by atoms with Crippen molar-refractivity contribution in [1.29, 1.82) is 0 Å². The van der Waals surface area contributed by atoms with Crippen molar-refractivity contribution in [1.82, 2.24) is 10.2 Å². The van der Waals surface area contributed by atoms with Crippen LogP contribution in [0.4, 0.5) is 17.6 Å². The number of aryl methyl sites for hydroxylation is 1. The van der Waals surface area contributed by atoms with Crippen molar-refractivity contribution in [2.24, 2.45) is 0 Å². The maximum Gasteiger partial charge on any atom is 0.416 e. The molecule has 122 valence electrons. The van der Waals surface area contributed by atoms with E-state index in [2.05, 4.69) is 10.2 Å². The molecule has 0 atom stereocenters. The van der Waals surface area contributed by atoms with Crippen molar-refractivity contribution >= 4 is 0 Å². The molecule has 0 fully saturated rings. The summed E-state index contributed by atoms with van der Waals surface area (Å²) in [4.78, 5) is 0. The molecule has 2 aromatic carbocycles. The molecule has 0 bridgehead atoms. The monoisotopic (exact) mass is 332 g/mol. The van der Waals surface area contributed by atoms with Crippen molar-refractivity contribution in [3.05, 3.63) is 71.7 Å². The second-order valence-electron chi connectivity index (χ2n) is 5.33. The Labute approximate surface area is 135 Å². The van der Waals surface area contributed by atoms with E-state index in [9.17, 15) is 17.6 Å². The number of benzene rings is 2. The quantitative estimate of drug-likeness (QED) is 0.597. The molecular weight excluding hydrogens is 320 g/mol. The van der Waals surface area contributed by atoms with E-state index in [1.165, 1.54) is 24.3 Å². The summed E-state index contributed by atoms with van der Waals surface area (Å²) in [5.41, 5.74) is 1.97. The van der Waals surface area contributed by atoms with Crippen LogP contribution < -0.4 is 0 Å². The van der Waals surface area contributed by atoms with Gasteiger partial charge in [-0.3, -0.25) is 0 Å². The van der Waals surface area contributed by atoms with Crippen LogP contribution in [0.3, 0.4) is 0 Å². The highest BCUT2D eigenvalue weighted by Crippen LogP contribution is 2.34. The molecule has 2 nitrogen and oxygen atoms in total. The van der Waals surface area contributed by atoms with E-state index < -0.39 is 17.6 Å². The standard InChI is InChI=1S/C18H12F4N2/c1-11-9-16(12-5-7-14(8-6-12)18(20,21)22)17(24-23-11)13-3-2-4-15(19)10-13/h2-10H,1H3. The van der Waals surface area contributed by atoms with E-state index in [1.807, 2.05) is 0 Å². The molecule has 0 aliphatic heterocycles. The van der Waals surface area contributed by atoms with Gasteiger partial charge in [0.1, 0.15) is 11.5 Å². The number of aromatic nitrogens is 2. The Bertz CT molecular complexity index is 871. The van der Waals surface area contributed by atoms with E-state index in [0.717, 1.165) is 12.1 Å². The lowest BCUT2D eigenvalue weighted by Crippen LogP contribution is -2.04. The average Bonchev–Trinajstić information content (AvgIpc) is 2.54. The molecule has 0 aliphatic rings. The van der Waals surface area contributed by atoms with Gasteiger partial charge in [-0.1, -0.05) is 24.3 Å². The fourth-order valence-corrected chi connectivity index (χ4v) is 2.40. The van der Waals surface area contributed by atoms with Gasteiger partial charge in [-0.2, -0.15) is 18.3 Å². The summed E-state index contributed by atoms with van der Waals surface area (Å²) in [6.45, 7) is 1.73. The fraction of sp³-hybridized carbons (Fsp3) is 0.111. The van der Waals surface area contributed by atoms with Gasteiger partial charge in [-0.05, 0) is 42.8 Å². The molecule has 1 heterocycles. The van der Waals surface area contributed by atoms with Gasteiger partial charge in [0.05, 0.1) is 11.3 Å². The van der Waals surface area contributed by atoms with Gasteiger partial charge in [0.15, 0.2) is 0 Å². The predicted octanol–water partition coefficient (Wildman–Crippen LogP) is 5.28. The number of alkyl halides is 3. The Balaban J connectivity index is 2.12. The molecule has 0 radical (unpaired) electrons. The van der Waals surface area contributed by atoms with Gasteiger partial charge in [0.2, 0.25) is 0 Å². The van der Waals surface area contributed by atoms with Gasteiger partial charge in [0, 0.05) is 11.1 Å². The Morgan fingerprint density at radius 1 is 0.833 bits per heavy atom. The average molecular weight is 332 g/mol. The zero-order valence-electron chi connectivity index (χ0n) is 12.6. The van der Waals surface area contributed by atoms with Crippen LogP contribution in [0.25, 0.3) is 22.4 Å². The molecule has 6 heteroatoms. The number of halogens is 4.